The molecule has 168 valence electrons. The number of anilines is 1. The SMILES string of the molecule is COc1ccc(C2CC=CN(C(=O)c3cccc(NC(=O)O)c3)N2)cc1OC1CCCC1. The molecule has 1 fully saturated rings. The summed E-state index contributed by atoms with van der Waals surface area (Å²) < 4.78 is 11.7. The van der Waals surface area contributed by atoms with Crippen LogP contribution in [0, 0.1) is 0 Å². The lowest BCUT2D eigenvalue weighted by Crippen LogP contribution is -2.43. The Balaban J connectivity index is 1.50. The molecule has 2 aromatic rings. The van der Waals surface area contributed by atoms with E-state index in [0.717, 1.165) is 24.2 Å². The number of carbonyl (C=O) groups is 2. The van der Waals surface area contributed by atoms with E-state index in [1.165, 1.54) is 23.9 Å². The molecule has 1 heterocycles. The summed E-state index contributed by atoms with van der Waals surface area (Å²) in [7, 11) is 1.63. The number of nitrogens with one attached hydrogen (secondary N) is 2. The Kier molecular flexibility index (Phi) is 6.61. The topological polar surface area (TPSA) is 100 Å². The normalized spacial score (nSPS) is 18.4. The first kappa shape index (κ1) is 21.7. The van der Waals surface area contributed by atoms with E-state index >= 15 is 0 Å². The molecule has 0 aromatic heterocycles. The molecule has 2 aliphatic rings. The summed E-state index contributed by atoms with van der Waals surface area (Å²) in [6, 6.07) is 12.1. The van der Waals surface area contributed by atoms with E-state index in [9.17, 15) is 9.59 Å². The Morgan fingerprint density at radius 3 is 2.69 bits per heavy atom. The van der Waals surface area contributed by atoms with E-state index in [1.54, 1.807) is 31.5 Å². The van der Waals surface area contributed by atoms with E-state index in [4.69, 9.17) is 14.6 Å². The Morgan fingerprint density at radius 1 is 1.12 bits per heavy atom. The lowest BCUT2D eigenvalue weighted by Gasteiger charge is -2.30. The molecule has 8 nitrogen and oxygen atoms in total. The minimum Gasteiger partial charge on any atom is -0.493 e. The van der Waals surface area contributed by atoms with Gasteiger partial charge in [-0.2, -0.15) is 0 Å². The van der Waals surface area contributed by atoms with E-state index in [2.05, 4.69) is 10.7 Å². The summed E-state index contributed by atoms with van der Waals surface area (Å²) in [6.45, 7) is 0. The van der Waals surface area contributed by atoms with Crippen LogP contribution in [0.2, 0.25) is 0 Å². The second-order valence-corrected chi connectivity index (χ2v) is 7.92. The zero-order valence-electron chi connectivity index (χ0n) is 17.9. The van der Waals surface area contributed by atoms with Gasteiger partial charge in [-0.15, -0.1) is 0 Å². The van der Waals surface area contributed by atoms with Gasteiger partial charge in [0.05, 0.1) is 19.3 Å². The highest BCUT2D eigenvalue weighted by atomic mass is 16.5. The van der Waals surface area contributed by atoms with Gasteiger partial charge >= 0.3 is 6.09 Å². The summed E-state index contributed by atoms with van der Waals surface area (Å²) in [5.74, 6) is 1.14. The van der Waals surface area contributed by atoms with E-state index in [0.29, 0.717) is 23.4 Å². The first-order valence-electron chi connectivity index (χ1n) is 10.7. The van der Waals surface area contributed by atoms with Crippen LogP contribution in [-0.4, -0.2) is 35.3 Å². The van der Waals surface area contributed by atoms with Crippen LogP contribution in [0.3, 0.4) is 0 Å². The highest BCUT2D eigenvalue weighted by Crippen LogP contribution is 2.35. The molecule has 0 spiro atoms. The molecule has 8 heteroatoms. The highest BCUT2D eigenvalue weighted by molar-refractivity contribution is 5.96. The fourth-order valence-corrected chi connectivity index (χ4v) is 4.08. The van der Waals surface area contributed by atoms with Crippen molar-refractivity contribution in [1.29, 1.82) is 0 Å². The van der Waals surface area contributed by atoms with Crippen molar-refractivity contribution in [1.82, 2.24) is 10.4 Å². The summed E-state index contributed by atoms with van der Waals surface area (Å²) in [6.07, 6.45) is 7.83. The van der Waals surface area contributed by atoms with Gasteiger partial charge in [-0.1, -0.05) is 18.2 Å². The van der Waals surface area contributed by atoms with Crippen molar-refractivity contribution in [2.45, 2.75) is 44.2 Å². The van der Waals surface area contributed by atoms with Crippen molar-refractivity contribution in [2.24, 2.45) is 0 Å². The van der Waals surface area contributed by atoms with Crippen molar-refractivity contribution < 1.29 is 24.2 Å². The van der Waals surface area contributed by atoms with Crippen LogP contribution in [0.5, 0.6) is 11.5 Å². The van der Waals surface area contributed by atoms with Crippen molar-refractivity contribution in [2.75, 3.05) is 12.4 Å². The maximum absolute atomic E-state index is 13.0. The number of hydrogen-bond donors (Lipinski definition) is 3. The molecule has 1 saturated carbocycles. The molecule has 2 aromatic carbocycles. The number of methoxy groups -OCH3 is 1. The van der Waals surface area contributed by atoms with Crippen LogP contribution in [0.1, 0.15) is 54.1 Å². The van der Waals surface area contributed by atoms with Gasteiger partial charge in [0, 0.05) is 17.5 Å². The Morgan fingerprint density at radius 2 is 1.94 bits per heavy atom. The zero-order chi connectivity index (χ0) is 22.5. The second kappa shape index (κ2) is 9.74. The third-order valence-corrected chi connectivity index (χ3v) is 5.69. The predicted molar refractivity (Wildman–Crippen MR) is 120 cm³/mol. The minimum atomic E-state index is -1.18. The van der Waals surface area contributed by atoms with Crippen LogP contribution < -0.4 is 20.2 Å². The Hall–Kier alpha value is -3.52. The van der Waals surface area contributed by atoms with Crippen molar-refractivity contribution in [3.8, 4) is 11.5 Å². The quantitative estimate of drug-likeness (QED) is 0.605. The molecular formula is C24H27N3O5. The van der Waals surface area contributed by atoms with Crippen molar-refractivity contribution >= 4 is 17.7 Å². The first-order valence-corrected chi connectivity index (χ1v) is 10.7. The molecule has 0 saturated heterocycles. The number of amides is 2. The fourth-order valence-electron chi connectivity index (χ4n) is 4.08. The number of nitrogens with zero attached hydrogens (tertiary/aromatic N) is 1. The standard InChI is InChI=1S/C24H27N3O5/c1-31-21-12-11-16(15-22(21)32-19-8-2-3-9-19)20-10-5-13-27(26-20)23(28)17-6-4-7-18(14-17)25-24(29)30/h4-7,11-15,19-20,25-26H,2-3,8-10H2,1H3,(H,29,30). The summed E-state index contributed by atoms with van der Waals surface area (Å²) >= 11 is 0. The molecule has 1 unspecified atom stereocenters. The molecule has 1 atom stereocenters. The minimum absolute atomic E-state index is 0.124. The molecule has 32 heavy (non-hydrogen) atoms. The van der Waals surface area contributed by atoms with E-state index in [-0.39, 0.29) is 18.1 Å². The van der Waals surface area contributed by atoms with Gasteiger partial charge < -0.3 is 14.6 Å². The van der Waals surface area contributed by atoms with E-state index < -0.39 is 6.09 Å². The first-order chi connectivity index (χ1) is 15.5. The zero-order valence-corrected chi connectivity index (χ0v) is 17.9. The molecule has 1 aliphatic heterocycles. The van der Waals surface area contributed by atoms with Gasteiger partial charge in [0.15, 0.2) is 11.5 Å². The van der Waals surface area contributed by atoms with Crippen LogP contribution in [0.25, 0.3) is 0 Å². The van der Waals surface area contributed by atoms with Crippen LogP contribution in [0.4, 0.5) is 10.5 Å². The number of benzene rings is 2. The number of hydrazine groups is 1. The molecular weight excluding hydrogens is 410 g/mol. The number of hydrogen-bond acceptors (Lipinski definition) is 5. The van der Waals surface area contributed by atoms with Gasteiger partial charge in [0.1, 0.15) is 0 Å². The maximum atomic E-state index is 13.0. The second-order valence-electron chi connectivity index (χ2n) is 7.92. The fraction of sp³-hybridized carbons (Fsp3) is 0.333. The monoisotopic (exact) mass is 437 g/mol. The Labute approximate surface area is 186 Å². The molecule has 4 rings (SSSR count). The number of carboxylic acid groups (broad SMARTS) is 1. The smallest absolute Gasteiger partial charge is 0.409 e. The van der Waals surface area contributed by atoms with E-state index in [1.807, 2.05) is 24.3 Å². The lowest BCUT2D eigenvalue weighted by molar-refractivity contribution is 0.0713. The van der Waals surface area contributed by atoms with Crippen molar-refractivity contribution in [3.05, 3.63) is 65.9 Å². The third kappa shape index (κ3) is 5.03. The van der Waals surface area contributed by atoms with Crippen molar-refractivity contribution in [3.63, 3.8) is 0 Å². The maximum Gasteiger partial charge on any atom is 0.409 e. The average molecular weight is 437 g/mol. The summed E-state index contributed by atoms with van der Waals surface area (Å²) in [5.41, 5.74) is 4.95. The lowest BCUT2D eigenvalue weighted by atomic mass is 10.0. The molecule has 0 radical (unpaired) electrons. The van der Waals surface area contributed by atoms with Gasteiger partial charge in [-0.05, 0) is 68.0 Å². The molecule has 1 aliphatic carbocycles. The van der Waals surface area contributed by atoms with Gasteiger partial charge in [0.2, 0.25) is 0 Å². The largest absolute Gasteiger partial charge is 0.493 e. The summed E-state index contributed by atoms with van der Waals surface area (Å²) in [4.78, 5) is 23.9. The predicted octanol–water partition coefficient (Wildman–Crippen LogP) is 4.71. The van der Waals surface area contributed by atoms with Gasteiger partial charge in [-0.3, -0.25) is 10.1 Å². The summed E-state index contributed by atoms with van der Waals surface area (Å²) in [5, 5.41) is 12.6. The van der Waals surface area contributed by atoms with Crippen LogP contribution in [0.15, 0.2) is 54.7 Å². The molecule has 3 N–H and O–H groups in total. The average Bonchev–Trinajstić information content (AvgIpc) is 3.31. The number of carbonyl (C=O) groups excluding carboxylic acids is 1. The highest BCUT2D eigenvalue weighted by Gasteiger charge is 2.24. The Bertz CT molecular complexity index is 1020. The van der Waals surface area contributed by atoms with Crippen LogP contribution in [-0.2, 0) is 0 Å². The van der Waals surface area contributed by atoms with Gasteiger partial charge in [-0.25, -0.2) is 15.2 Å². The molecule has 0 bridgehead atoms. The number of ether oxygens (including phenoxy) is 2. The number of rotatable bonds is 6. The molecule has 2 amide bonds. The third-order valence-electron chi connectivity index (χ3n) is 5.69. The van der Waals surface area contributed by atoms with Gasteiger partial charge in [0.25, 0.3) is 5.91 Å². The van der Waals surface area contributed by atoms with Crippen LogP contribution >= 0.6 is 0 Å².